The van der Waals surface area contributed by atoms with Gasteiger partial charge < -0.3 is 4.74 Å². The number of ether oxygens (including phenoxy) is 1. The lowest BCUT2D eigenvalue weighted by Gasteiger charge is -2.13. The molecule has 0 rings (SSSR count). The van der Waals surface area contributed by atoms with E-state index in [0.717, 1.165) is 25.4 Å². The predicted molar refractivity (Wildman–Crippen MR) is 77.1 cm³/mol. The van der Waals surface area contributed by atoms with Crippen molar-refractivity contribution in [3.63, 3.8) is 0 Å². The molecule has 0 aromatic carbocycles. The smallest absolute Gasteiger partial charge is 0.0901 e. The van der Waals surface area contributed by atoms with Crippen LogP contribution in [0.5, 0.6) is 0 Å². The third-order valence-corrected chi connectivity index (χ3v) is 3.09. The summed E-state index contributed by atoms with van der Waals surface area (Å²) in [5.41, 5.74) is 1.29. The summed E-state index contributed by atoms with van der Waals surface area (Å²) in [5.74, 6) is 0.722. The van der Waals surface area contributed by atoms with Crippen molar-refractivity contribution in [3.8, 4) is 0 Å². The SMILES string of the molecule is CCC=CC(=COCC(CC)CCCC)CC. The van der Waals surface area contributed by atoms with Gasteiger partial charge in [0.2, 0.25) is 0 Å². The Morgan fingerprint density at radius 1 is 1.18 bits per heavy atom. The van der Waals surface area contributed by atoms with Crippen molar-refractivity contribution in [2.45, 2.75) is 66.2 Å². The van der Waals surface area contributed by atoms with Gasteiger partial charge in [-0.25, -0.2) is 0 Å². The zero-order valence-electron chi connectivity index (χ0n) is 12.2. The number of hydrogen-bond donors (Lipinski definition) is 0. The molecule has 0 aliphatic carbocycles. The van der Waals surface area contributed by atoms with Gasteiger partial charge in [-0.05, 0) is 30.8 Å². The van der Waals surface area contributed by atoms with Gasteiger partial charge in [-0.1, -0.05) is 59.1 Å². The molecular weight excluding hydrogens is 208 g/mol. The van der Waals surface area contributed by atoms with Gasteiger partial charge >= 0.3 is 0 Å². The van der Waals surface area contributed by atoms with Crippen molar-refractivity contribution in [1.29, 1.82) is 0 Å². The maximum absolute atomic E-state index is 5.72. The lowest BCUT2D eigenvalue weighted by atomic mass is 10.0. The summed E-state index contributed by atoms with van der Waals surface area (Å²) in [6.07, 6.45) is 13.6. The van der Waals surface area contributed by atoms with Crippen molar-refractivity contribution in [2.24, 2.45) is 5.92 Å². The molecule has 0 aromatic rings. The Morgan fingerprint density at radius 3 is 2.47 bits per heavy atom. The third-order valence-electron chi connectivity index (χ3n) is 3.09. The molecule has 1 nitrogen and oxygen atoms in total. The van der Waals surface area contributed by atoms with E-state index in [4.69, 9.17) is 4.74 Å². The molecule has 0 aromatic heterocycles. The average Bonchev–Trinajstić information content (AvgIpc) is 2.37. The standard InChI is InChI=1S/C16H30O/c1-5-9-11-15(7-3)13-17-14-16(8-4)12-10-6-2/h9,11,13,16H,5-8,10,12,14H2,1-4H3. The van der Waals surface area contributed by atoms with Crippen LogP contribution in [0.4, 0.5) is 0 Å². The second-order valence-electron chi connectivity index (χ2n) is 4.61. The Bertz CT molecular complexity index is 216. The maximum Gasteiger partial charge on any atom is 0.0901 e. The quantitative estimate of drug-likeness (QED) is 0.362. The summed E-state index contributed by atoms with van der Waals surface area (Å²) in [4.78, 5) is 0. The minimum atomic E-state index is 0.722. The molecule has 0 radical (unpaired) electrons. The summed E-state index contributed by atoms with van der Waals surface area (Å²) < 4.78 is 5.72. The fraction of sp³-hybridized carbons (Fsp3) is 0.750. The summed E-state index contributed by atoms with van der Waals surface area (Å²) in [6.45, 7) is 9.70. The molecule has 1 unspecified atom stereocenters. The molecular formula is C16H30O. The monoisotopic (exact) mass is 238 g/mol. The predicted octanol–water partition coefficient (Wildman–Crippen LogP) is 5.48. The minimum absolute atomic E-state index is 0.722. The first-order valence-corrected chi connectivity index (χ1v) is 7.25. The Hall–Kier alpha value is -0.720. The molecule has 0 saturated heterocycles. The molecule has 0 spiro atoms. The van der Waals surface area contributed by atoms with E-state index >= 15 is 0 Å². The van der Waals surface area contributed by atoms with Gasteiger partial charge in [-0.2, -0.15) is 0 Å². The Balaban J connectivity index is 3.97. The van der Waals surface area contributed by atoms with Gasteiger partial charge in [0.05, 0.1) is 12.9 Å². The van der Waals surface area contributed by atoms with E-state index in [1.807, 2.05) is 6.26 Å². The first-order chi connectivity index (χ1) is 8.28. The van der Waals surface area contributed by atoms with Gasteiger partial charge in [-0.15, -0.1) is 0 Å². The lowest BCUT2D eigenvalue weighted by molar-refractivity contribution is 0.181. The van der Waals surface area contributed by atoms with Crippen LogP contribution in [-0.2, 0) is 4.74 Å². The van der Waals surface area contributed by atoms with E-state index in [9.17, 15) is 0 Å². The molecule has 1 heteroatoms. The molecule has 100 valence electrons. The van der Waals surface area contributed by atoms with E-state index in [0.29, 0.717) is 0 Å². The van der Waals surface area contributed by atoms with Gasteiger partial charge in [0.1, 0.15) is 0 Å². The number of rotatable bonds is 10. The number of unbranched alkanes of at least 4 members (excludes halogenated alkanes) is 1. The highest BCUT2D eigenvalue weighted by Crippen LogP contribution is 2.13. The first kappa shape index (κ1) is 16.3. The normalized spacial score (nSPS) is 14.2. The van der Waals surface area contributed by atoms with E-state index in [2.05, 4.69) is 39.8 Å². The van der Waals surface area contributed by atoms with E-state index in [-0.39, 0.29) is 0 Å². The number of hydrogen-bond acceptors (Lipinski definition) is 1. The van der Waals surface area contributed by atoms with E-state index < -0.39 is 0 Å². The highest BCUT2D eigenvalue weighted by Gasteiger charge is 2.05. The van der Waals surface area contributed by atoms with Gasteiger partial charge in [0, 0.05) is 0 Å². The molecule has 0 fully saturated rings. The van der Waals surface area contributed by atoms with E-state index in [1.54, 1.807) is 0 Å². The van der Waals surface area contributed by atoms with Crippen molar-refractivity contribution in [1.82, 2.24) is 0 Å². The summed E-state index contributed by atoms with van der Waals surface area (Å²) in [5, 5.41) is 0. The highest BCUT2D eigenvalue weighted by molar-refractivity contribution is 5.15. The van der Waals surface area contributed by atoms with Crippen LogP contribution in [0.3, 0.4) is 0 Å². The van der Waals surface area contributed by atoms with Crippen LogP contribution >= 0.6 is 0 Å². The molecule has 0 aliphatic heterocycles. The van der Waals surface area contributed by atoms with Crippen molar-refractivity contribution in [2.75, 3.05) is 6.61 Å². The van der Waals surface area contributed by atoms with Crippen molar-refractivity contribution in [3.05, 3.63) is 24.0 Å². The van der Waals surface area contributed by atoms with E-state index in [1.165, 1.54) is 31.3 Å². The molecule has 0 aliphatic rings. The second-order valence-corrected chi connectivity index (χ2v) is 4.61. The lowest BCUT2D eigenvalue weighted by Crippen LogP contribution is -2.06. The Labute approximate surface area is 108 Å². The van der Waals surface area contributed by atoms with Crippen molar-refractivity contribution >= 4 is 0 Å². The highest BCUT2D eigenvalue weighted by atomic mass is 16.5. The first-order valence-electron chi connectivity index (χ1n) is 7.25. The maximum atomic E-state index is 5.72. The fourth-order valence-corrected chi connectivity index (χ4v) is 1.70. The summed E-state index contributed by atoms with van der Waals surface area (Å²) in [7, 11) is 0. The molecule has 17 heavy (non-hydrogen) atoms. The average molecular weight is 238 g/mol. The third kappa shape index (κ3) is 9.02. The van der Waals surface area contributed by atoms with Crippen LogP contribution in [0.15, 0.2) is 24.0 Å². The number of allylic oxidation sites excluding steroid dienone is 3. The summed E-state index contributed by atoms with van der Waals surface area (Å²) >= 11 is 0. The minimum Gasteiger partial charge on any atom is -0.501 e. The molecule has 0 heterocycles. The largest absolute Gasteiger partial charge is 0.501 e. The molecule has 1 atom stereocenters. The molecule has 0 N–H and O–H groups in total. The zero-order valence-corrected chi connectivity index (χ0v) is 12.2. The van der Waals surface area contributed by atoms with Gasteiger partial charge in [0.15, 0.2) is 0 Å². The summed E-state index contributed by atoms with van der Waals surface area (Å²) in [6, 6.07) is 0. The molecule has 0 saturated carbocycles. The fourth-order valence-electron chi connectivity index (χ4n) is 1.70. The van der Waals surface area contributed by atoms with Crippen LogP contribution in [0.2, 0.25) is 0 Å². The Morgan fingerprint density at radius 2 is 1.94 bits per heavy atom. The van der Waals surface area contributed by atoms with Gasteiger partial charge in [0.25, 0.3) is 0 Å². The van der Waals surface area contributed by atoms with Crippen LogP contribution in [0.25, 0.3) is 0 Å². The van der Waals surface area contributed by atoms with Crippen LogP contribution in [0.1, 0.15) is 66.2 Å². The van der Waals surface area contributed by atoms with Crippen LogP contribution in [0, 0.1) is 5.92 Å². The second kappa shape index (κ2) is 11.8. The molecule has 0 amide bonds. The Kier molecular flexibility index (Phi) is 11.3. The van der Waals surface area contributed by atoms with Crippen molar-refractivity contribution < 1.29 is 4.74 Å². The van der Waals surface area contributed by atoms with Gasteiger partial charge in [-0.3, -0.25) is 0 Å². The zero-order chi connectivity index (χ0) is 12.9. The topological polar surface area (TPSA) is 9.23 Å². The van der Waals surface area contributed by atoms with Crippen LogP contribution in [-0.4, -0.2) is 6.61 Å². The molecule has 0 bridgehead atoms. The van der Waals surface area contributed by atoms with Crippen LogP contribution < -0.4 is 0 Å².